The summed E-state index contributed by atoms with van der Waals surface area (Å²) in [7, 11) is 1.64. The molecule has 0 saturated heterocycles. The molecule has 0 bridgehead atoms. The van der Waals surface area contributed by atoms with Gasteiger partial charge in [-0.05, 0) is 43.5 Å². The summed E-state index contributed by atoms with van der Waals surface area (Å²) in [5.41, 5.74) is 1.01. The normalized spacial score (nSPS) is 14.2. The van der Waals surface area contributed by atoms with Crippen LogP contribution >= 0.6 is 0 Å². The summed E-state index contributed by atoms with van der Waals surface area (Å²) in [4.78, 5) is 11.7. The Balaban J connectivity index is 1.59. The van der Waals surface area contributed by atoms with E-state index in [9.17, 15) is 4.79 Å². The van der Waals surface area contributed by atoms with Gasteiger partial charge in [0.05, 0.1) is 13.5 Å². The zero-order valence-electron chi connectivity index (χ0n) is 11.4. The number of hydrogen-bond donors (Lipinski definition) is 2. The van der Waals surface area contributed by atoms with E-state index >= 15 is 0 Å². The molecular weight excluding hydrogens is 240 g/mol. The fourth-order valence-corrected chi connectivity index (χ4v) is 1.90. The average molecular weight is 262 g/mol. The zero-order valence-corrected chi connectivity index (χ0v) is 11.4. The Hall–Kier alpha value is -1.55. The van der Waals surface area contributed by atoms with Crippen molar-refractivity contribution < 1.29 is 9.53 Å². The van der Waals surface area contributed by atoms with E-state index in [1.807, 2.05) is 24.3 Å². The fraction of sp³-hybridized carbons (Fsp3) is 0.533. The Labute approximate surface area is 114 Å². The third kappa shape index (κ3) is 5.30. The van der Waals surface area contributed by atoms with Crippen LogP contribution in [0.5, 0.6) is 5.75 Å². The largest absolute Gasteiger partial charge is 0.497 e. The molecule has 0 unspecified atom stereocenters. The van der Waals surface area contributed by atoms with Gasteiger partial charge in [0.25, 0.3) is 0 Å². The van der Waals surface area contributed by atoms with Gasteiger partial charge in [0.1, 0.15) is 5.75 Å². The maximum atomic E-state index is 11.7. The van der Waals surface area contributed by atoms with E-state index in [1.54, 1.807) is 7.11 Å². The monoisotopic (exact) mass is 262 g/mol. The van der Waals surface area contributed by atoms with E-state index in [2.05, 4.69) is 10.6 Å². The lowest BCUT2D eigenvalue weighted by molar-refractivity contribution is -0.120. The van der Waals surface area contributed by atoms with Crippen molar-refractivity contribution in [2.24, 2.45) is 0 Å². The molecular formula is C15H22N2O2. The second-order valence-electron chi connectivity index (χ2n) is 4.96. The maximum absolute atomic E-state index is 11.7. The fourth-order valence-electron chi connectivity index (χ4n) is 1.90. The summed E-state index contributed by atoms with van der Waals surface area (Å²) in [5.74, 6) is 0.895. The first-order valence-electron chi connectivity index (χ1n) is 6.91. The van der Waals surface area contributed by atoms with Gasteiger partial charge in [-0.25, -0.2) is 0 Å². The van der Waals surface area contributed by atoms with Crippen LogP contribution in [-0.4, -0.2) is 32.1 Å². The van der Waals surface area contributed by atoms with Crippen LogP contribution in [0.25, 0.3) is 0 Å². The number of benzene rings is 1. The van der Waals surface area contributed by atoms with Crippen molar-refractivity contribution in [1.82, 2.24) is 10.6 Å². The summed E-state index contributed by atoms with van der Waals surface area (Å²) >= 11 is 0. The standard InChI is InChI=1S/C15H22N2O2/c1-19-14-7-3-12(4-8-14)11-15(18)17-10-2-9-16-13-5-6-13/h3-4,7-8,13,16H,2,5-6,9-11H2,1H3,(H,17,18). The molecule has 0 atom stereocenters. The number of ether oxygens (including phenoxy) is 1. The van der Waals surface area contributed by atoms with E-state index in [4.69, 9.17) is 4.74 Å². The van der Waals surface area contributed by atoms with Crippen molar-refractivity contribution in [1.29, 1.82) is 0 Å². The van der Waals surface area contributed by atoms with E-state index in [1.165, 1.54) is 12.8 Å². The van der Waals surface area contributed by atoms with Gasteiger partial charge < -0.3 is 15.4 Å². The molecule has 19 heavy (non-hydrogen) atoms. The Bertz CT molecular complexity index is 399. The highest BCUT2D eigenvalue weighted by molar-refractivity contribution is 5.78. The van der Waals surface area contributed by atoms with Crippen molar-refractivity contribution in [2.45, 2.75) is 31.7 Å². The topological polar surface area (TPSA) is 50.4 Å². The van der Waals surface area contributed by atoms with Gasteiger partial charge in [-0.3, -0.25) is 4.79 Å². The number of hydrogen-bond acceptors (Lipinski definition) is 3. The molecule has 4 heteroatoms. The van der Waals surface area contributed by atoms with Crippen molar-refractivity contribution in [2.75, 3.05) is 20.2 Å². The second-order valence-corrected chi connectivity index (χ2v) is 4.96. The predicted octanol–water partition coefficient (Wildman–Crippen LogP) is 1.50. The van der Waals surface area contributed by atoms with Crippen molar-refractivity contribution >= 4 is 5.91 Å². The number of methoxy groups -OCH3 is 1. The van der Waals surface area contributed by atoms with Crippen LogP contribution in [0.3, 0.4) is 0 Å². The summed E-state index contributed by atoms with van der Waals surface area (Å²) in [5, 5.41) is 6.37. The third-order valence-electron chi connectivity index (χ3n) is 3.21. The summed E-state index contributed by atoms with van der Waals surface area (Å²) < 4.78 is 5.08. The zero-order chi connectivity index (χ0) is 13.5. The number of rotatable bonds is 8. The molecule has 4 nitrogen and oxygen atoms in total. The minimum atomic E-state index is 0.0802. The molecule has 104 valence electrons. The lowest BCUT2D eigenvalue weighted by Crippen LogP contribution is -2.29. The van der Waals surface area contributed by atoms with Crippen molar-refractivity contribution in [3.8, 4) is 5.75 Å². The minimum Gasteiger partial charge on any atom is -0.497 e. The Morgan fingerprint density at radius 3 is 2.63 bits per heavy atom. The Morgan fingerprint density at radius 1 is 1.26 bits per heavy atom. The third-order valence-corrected chi connectivity index (χ3v) is 3.21. The maximum Gasteiger partial charge on any atom is 0.224 e. The first-order chi connectivity index (χ1) is 9.28. The summed E-state index contributed by atoms with van der Waals surface area (Å²) in [6.07, 6.45) is 4.04. The molecule has 1 saturated carbocycles. The van der Waals surface area contributed by atoms with Gasteiger partial charge in [0.15, 0.2) is 0 Å². The van der Waals surface area contributed by atoms with Gasteiger partial charge >= 0.3 is 0 Å². The minimum absolute atomic E-state index is 0.0802. The lowest BCUT2D eigenvalue weighted by atomic mass is 10.1. The van der Waals surface area contributed by atoms with Crippen LogP contribution in [0, 0.1) is 0 Å². The van der Waals surface area contributed by atoms with E-state index in [-0.39, 0.29) is 5.91 Å². The number of carbonyl (C=O) groups excluding carboxylic acids is 1. The molecule has 0 spiro atoms. The SMILES string of the molecule is COc1ccc(CC(=O)NCCCNC2CC2)cc1. The lowest BCUT2D eigenvalue weighted by Gasteiger charge is -2.06. The highest BCUT2D eigenvalue weighted by Gasteiger charge is 2.19. The first-order valence-corrected chi connectivity index (χ1v) is 6.91. The van der Waals surface area contributed by atoms with Crippen LogP contribution in [-0.2, 0) is 11.2 Å². The van der Waals surface area contributed by atoms with Gasteiger partial charge in [-0.15, -0.1) is 0 Å². The molecule has 2 N–H and O–H groups in total. The molecule has 1 fully saturated rings. The molecule has 0 radical (unpaired) electrons. The smallest absolute Gasteiger partial charge is 0.224 e. The molecule has 1 aromatic carbocycles. The second kappa shape index (κ2) is 7.14. The van der Waals surface area contributed by atoms with Crippen molar-refractivity contribution in [3.63, 3.8) is 0 Å². The van der Waals surface area contributed by atoms with E-state index < -0.39 is 0 Å². The highest BCUT2D eigenvalue weighted by Crippen LogP contribution is 2.18. The van der Waals surface area contributed by atoms with Crippen LogP contribution in [0.1, 0.15) is 24.8 Å². The van der Waals surface area contributed by atoms with Gasteiger partial charge in [0, 0.05) is 12.6 Å². The van der Waals surface area contributed by atoms with E-state index in [0.29, 0.717) is 6.42 Å². The quantitative estimate of drug-likeness (QED) is 0.698. The van der Waals surface area contributed by atoms with Crippen LogP contribution in [0.2, 0.25) is 0 Å². The molecule has 1 amide bonds. The average Bonchev–Trinajstić information content (AvgIpc) is 3.23. The van der Waals surface area contributed by atoms with Gasteiger partial charge in [-0.1, -0.05) is 12.1 Å². The molecule has 0 aliphatic heterocycles. The Morgan fingerprint density at radius 2 is 2.00 bits per heavy atom. The molecule has 1 aliphatic rings. The molecule has 1 aromatic rings. The first kappa shape index (κ1) is 13.9. The highest BCUT2D eigenvalue weighted by atomic mass is 16.5. The van der Waals surface area contributed by atoms with Crippen LogP contribution in [0.15, 0.2) is 24.3 Å². The van der Waals surface area contributed by atoms with Gasteiger partial charge in [-0.2, -0.15) is 0 Å². The molecule has 0 aromatic heterocycles. The molecule has 2 rings (SSSR count). The van der Waals surface area contributed by atoms with E-state index in [0.717, 1.165) is 36.9 Å². The number of nitrogens with one attached hydrogen (secondary N) is 2. The van der Waals surface area contributed by atoms with Crippen LogP contribution < -0.4 is 15.4 Å². The number of amides is 1. The number of carbonyl (C=O) groups is 1. The van der Waals surface area contributed by atoms with Crippen molar-refractivity contribution in [3.05, 3.63) is 29.8 Å². The molecule has 1 aliphatic carbocycles. The van der Waals surface area contributed by atoms with Crippen LogP contribution in [0.4, 0.5) is 0 Å². The van der Waals surface area contributed by atoms with Gasteiger partial charge in [0.2, 0.25) is 5.91 Å². The summed E-state index contributed by atoms with van der Waals surface area (Å²) in [6, 6.07) is 8.35. The molecule has 0 heterocycles. The predicted molar refractivity (Wildman–Crippen MR) is 75.3 cm³/mol. The Kier molecular flexibility index (Phi) is 5.21. The summed E-state index contributed by atoms with van der Waals surface area (Å²) in [6.45, 7) is 1.74.